The van der Waals surface area contributed by atoms with Crippen molar-refractivity contribution < 1.29 is 4.42 Å². The van der Waals surface area contributed by atoms with Gasteiger partial charge in [0, 0.05) is 15.8 Å². The Bertz CT molecular complexity index is 1200. The SMILES string of the molecule is Clc1ccc(-c2cccc3oc4ccc5ccccc5c4c23)cc1. The van der Waals surface area contributed by atoms with Crippen molar-refractivity contribution in [1.82, 2.24) is 0 Å². The summed E-state index contributed by atoms with van der Waals surface area (Å²) < 4.78 is 6.12. The van der Waals surface area contributed by atoms with E-state index in [0.717, 1.165) is 27.1 Å². The first-order chi connectivity index (χ1) is 11.8. The maximum Gasteiger partial charge on any atom is 0.136 e. The van der Waals surface area contributed by atoms with Crippen LogP contribution in [-0.2, 0) is 0 Å². The van der Waals surface area contributed by atoms with Gasteiger partial charge in [0.25, 0.3) is 0 Å². The maximum absolute atomic E-state index is 6.12. The normalized spacial score (nSPS) is 11.5. The van der Waals surface area contributed by atoms with Gasteiger partial charge in [-0.05, 0) is 46.2 Å². The van der Waals surface area contributed by atoms with Crippen LogP contribution in [0.25, 0.3) is 43.8 Å². The summed E-state index contributed by atoms with van der Waals surface area (Å²) >= 11 is 6.05. The molecule has 5 aromatic rings. The molecule has 0 radical (unpaired) electrons. The summed E-state index contributed by atoms with van der Waals surface area (Å²) in [6.07, 6.45) is 0. The van der Waals surface area contributed by atoms with E-state index in [4.69, 9.17) is 16.0 Å². The second kappa shape index (κ2) is 5.12. The fraction of sp³-hybridized carbons (Fsp3) is 0. The van der Waals surface area contributed by atoms with Crippen LogP contribution in [0.15, 0.2) is 83.3 Å². The summed E-state index contributed by atoms with van der Waals surface area (Å²) in [5, 5.41) is 5.52. The van der Waals surface area contributed by atoms with E-state index in [1.807, 2.05) is 24.3 Å². The minimum Gasteiger partial charge on any atom is -0.456 e. The fourth-order valence-electron chi connectivity index (χ4n) is 3.46. The summed E-state index contributed by atoms with van der Waals surface area (Å²) in [7, 11) is 0. The van der Waals surface area contributed by atoms with Gasteiger partial charge in [-0.15, -0.1) is 0 Å². The van der Waals surface area contributed by atoms with Crippen LogP contribution in [-0.4, -0.2) is 0 Å². The third kappa shape index (κ3) is 1.95. The summed E-state index contributed by atoms with van der Waals surface area (Å²) in [6, 6.07) is 26.8. The van der Waals surface area contributed by atoms with Gasteiger partial charge in [-0.3, -0.25) is 0 Å². The zero-order chi connectivity index (χ0) is 16.1. The van der Waals surface area contributed by atoms with Gasteiger partial charge in [0.1, 0.15) is 11.2 Å². The largest absolute Gasteiger partial charge is 0.456 e. The molecule has 0 atom stereocenters. The van der Waals surface area contributed by atoms with Crippen molar-refractivity contribution >= 4 is 44.3 Å². The van der Waals surface area contributed by atoms with Crippen molar-refractivity contribution in [2.45, 2.75) is 0 Å². The highest BCUT2D eigenvalue weighted by atomic mass is 35.5. The van der Waals surface area contributed by atoms with Gasteiger partial charge in [-0.2, -0.15) is 0 Å². The standard InChI is InChI=1S/C22H13ClO/c23-16-11-8-15(9-12-16)18-6-3-7-19-21(18)22-17-5-2-1-4-14(17)10-13-20(22)24-19/h1-13H. The van der Waals surface area contributed by atoms with Crippen LogP contribution in [0.1, 0.15) is 0 Å². The molecule has 0 N–H and O–H groups in total. The second-order valence-electron chi connectivity index (χ2n) is 5.95. The number of rotatable bonds is 1. The van der Waals surface area contributed by atoms with Crippen LogP contribution >= 0.6 is 11.6 Å². The molecule has 24 heavy (non-hydrogen) atoms. The van der Waals surface area contributed by atoms with Gasteiger partial charge < -0.3 is 4.42 Å². The number of benzene rings is 4. The molecule has 0 saturated carbocycles. The Morgan fingerprint density at radius 2 is 1.42 bits per heavy atom. The quantitative estimate of drug-likeness (QED) is 0.321. The Labute approximate surface area is 144 Å². The van der Waals surface area contributed by atoms with Crippen LogP contribution in [0, 0.1) is 0 Å². The first-order valence-electron chi connectivity index (χ1n) is 7.90. The van der Waals surface area contributed by atoms with Gasteiger partial charge in [0.15, 0.2) is 0 Å². The number of hydrogen-bond donors (Lipinski definition) is 0. The molecule has 0 amide bonds. The maximum atomic E-state index is 6.12. The molecule has 1 heterocycles. The van der Waals surface area contributed by atoms with E-state index in [1.165, 1.54) is 21.7 Å². The molecule has 0 saturated heterocycles. The van der Waals surface area contributed by atoms with E-state index in [2.05, 4.69) is 54.6 Å². The van der Waals surface area contributed by atoms with Crippen LogP contribution in [0.5, 0.6) is 0 Å². The average Bonchev–Trinajstić information content (AvgIpc) is 3.01. The number of halogens is 1. The van der Waals surface area contributed by atoms with Crippen LogP contribution < -0.4 is 0 Å². The van der Waals surface area contributed by atoms with Gasteiger partial charge in [0.2, 0.25) is 0 Å². The smallest absolute Gasteiger partial charge is 0.136 e. The zero-order valence-corrected chi connectivity index (χ0v) is 13.5. The molecule has 0 aliphatic heterocycles. The molecule has 1 nitrogen and oxygen atoms in total. The predicted molar refractivity (Wildman–Crippen MR) is 102 cm³/mol. The number of furan rings is 1. The highest BCUT2D eigenvalue weighted by Gasteiger charge is 2.14. The Morgan fingerprint density at radius 1 is 0.625 bits per heavy atom. The fourth-order valence-corrected chi connectivity index (χ4v) is 3.58. The van der Waals surface area contributed by atoms with E-state index in [9.17, 15) is 0 Å². The minimum absolute atomic E-state index is 0.744. The van der Waals surface area contributed by atoms with E-state index >= 15 is 0 Å². The highest BCUT2D eigenvalue weighted by Crippen LogP contribution is 2.40. The average molecular weight is 329 g/mol. The summed E-state index contributed by atoms with van der Waals surface area (Å²) in [5.74, 6) is 0. The molecule has 0 spiro atoms. The summed E-state index contributed by atoms with van der Waals surface area (Å²) in [6.45, 7) is 0. The molecule has 1 aromatic heterocycles. The molecular formula is C22H13ClO. The lowest BCUT2D eigenvalue weighted by molar-refractivity contribution is 0.669. The molecule has 4 aromatic carbocycles. The third-order valence-electron chi connectivity index (χ3n) is 4.54. The predicted octanol–water partition coefficient (Wildman–Crippen LogP) is 7.06. The van der Waals surface area contributed by atoms with E-state index in [-0.39, 0.29) is 0 Å². The topological polar surface area (TPSA) is 13.1 Å². The first-order valence-corrected chi connectivity index (χ1v) is 8.28. The Hall–Kier alpha value is -2.77. The number of hydrogen-bond acceptors (Lipinski definition) is 1. The number of fused-ring (bicyclic) bond motifs is 5. The molecule has 5 rings (SSSR count). The molecule has 0 fully saturated rings. The molecule has 0 aliphatic carbocycles. The van der Waals surface area contributed by atoms with Crippen LogP contribution in [0.3, 0.4) is 0 Å². The lowest BCUT2D eigenvalue weighted by Crippen LogP contribution is -1.80. The van der Waals surface area contributed by atoms with Crippen molar-refractivity contribution in [3.63, 3.8) is 0 Å². The highest BCUT2D eigenvalue weighted by molar-refractivity contribution is 6.30. The van der Waals surface area contributed by atoms with E-state index in [0.29, 0.717) is 0 Å². The Balaban J connectivity index is 1.98. The van der Waals surface area contributed by atoms with Crippen molar-refractivity contribution in [1.29, 1.82) is 0 Å². The third-order valence-corrected chi connectivity index (χ3v) is 4.79. The molecule has 0 unspecified atom stereocenters. The lowest BCUT2D eigenvalue weighted by Gasteiger charge is -2.05. The van der Waals surface area contributed by atoms with Crippen molar-refractivity contribution in [2.75, 3.05) is 0 Å². The first kappa shape index (κ1) is 13.6. The molecule has 0 aliphatic rings. The Kier molecular flexibility index (Phi) is 2.91. The van der Waals surface area contributed by atoms with E-state index < -0.39 is 0 Å². The second-order valence-corrected chi connectivity index (χ2v) is 6.38. The zero-order valence-electron chi connectivity index (χ0n) is 12.8. The van der Waals surface area contributed by atoms with Gasteiger partial charge in [0.05, 0.1) is 0 Å². The van der Waals surface area contributed by atoms with Crippen molar-refractivity contribution in [3.8, 4) is 11.1 Å². The van der Waals surface area contributed by atoms with Crippen LogP contribution in [0.4, 0.5) is 0 Å². The Morgan fingerprint density at radius 3 is 2.29 bits per heavy atom. The van der Waals surface area contributed by atoms with E-state index in [1.54, 1.807) is 0 Å². The minimum atomic E-state index is 0.744. The lowest BCUT2D eigenvalue weighted by atomic mass is 9.97. The van der Waals surface area contributed by atoms with Gasteiger partial charge in [-0.25, -0.2) is 0 Å². The molecular weight excluding hydrogens is 316 g/mol. The summed E-state index contributed by atoms with van der Waals surface area (Å²) in [4.78, 5) is 0. The van der Waals surface area contributed by atoms with Crippen molar-refractivity contribution in [3.05, 3.63) is 83.9 Å². The molecule has 2 heteroatoms. The monoisotopic (exact) mass is 328 g/mol. The molecule has 0 bridgehead atoms. The molecule has 114 valence electrons. The van der Waals surface area contributed by atoms with Gasteiger partial charge >= 0.3 is 0 Å². The van der Waals surface area contributed by atoms with Crippen LogP contribution in [0.2, 0.25) is 5.02 Å². The van der Waals surface area contributed by atoms with Crippen molar-refractivity contribution in [2.24, 2.45) is 0 Å². The van der Waals surface area contributed by atoms with Gasteiger partial charge in [-0.1, -0.05) is 66.2 Å². The summed E-state index contributed by atoms with van der Waals surface area (Å²) in [5.41, 5.74) is 4.14.